The summed E-state index contributed by atoms with van der Waals surface area (Å²) in [5.74, 6) is 2.13. The Labute approximate surface area is 115 Å². The Balaban J connectivity index is 2.23. The molecule has 0 saturated heterocycles. The molecule has 1 aromatic heterocycles. The van der Waals surface area contributed by atoms with Crippen LogP contribution in [-0.4, -0.2) is 18.6 Å². The van der Waals surface area contributed by atoms with Gasteiger partial charge in [-0.2, -0.15) is 0 Å². The highest BCUT2D eigenvalue weighted by Crippen LogP contribution is 2.43. The fourth-order valence-electron chi connectivity index (χ4n) is 3.45. The van der Waals surface area contributed by atoms with Crippen LogP contribution in [0.15, 0.2) is 18.5 Å². The van der Waals surface area contributed by atoms with Crippen LogP contribution in [0.4, 0.5) is 4.39 Å². The molecule has 2 nitrogen and oxygen atoms in total. The first kappa shape index (κ1) is 14.4. The Morgan fingerprint density at radius 3 is 2.84 bits per heavy atom. The van der Waals surface area contributed by atoms with Crippen molar-refractivity contribution in [1.29, 1.82) is 0 Å². The van der Waals surface area contributed by atoms with Gasteiger partial charge in [-0.15, -0.1) is 0 Å². The van der Waals surface area contributed by atoms with Crippen molar-refractivity contribution in [2.45, 2.75) is 39.0 Å². The highest BCUT2D eigenvalue weighted by Gasteiger charge is 2.33. The summed E-state index contributed by atoms with van der Waals surface area (Å²) in [7, 11) is 1.98. The summed E-state index contributed by atoms with van der Waals surface area (Å²) in [5, 5.41) is 3.26. The molecule has 0 aromatic carbocycles. The van der Waals surface area contributed by atoms with E-state index in [0.717, 1.165) is 18.5 Å². The van der Waals surface area contributed by atoms with E-state index in [1.54, 1.807) is 6.20 Å². The number of rotatable bonds is 4. The van der Waals surface area contributed by atoms with Crippen molar-refractivity contribution in [2.75, 3.05) is 13.6 Å². The summed E-state index contributed by atoms with van der Waals surface area (Å²) in [6.45, 7) is 5.53. The third-order valence-electron chi connectivity index (χ3n) is 4.65. The van der Waals surface area contributed by atoms with Gasteiger partial charge in [0, 0.05) is 6.20 Å². The van der Waals surface area contributed by atoms with Crippen LogP contribution in [0.5, 0.6) is 0 Å². The summed E-state index contributed by atoms with van der Waals surface area (Å²) in [6, 6.07) is 1.87. The highest BCUT2D eigenvalue weighted by atomic mass is 19.1. The normalized spacial score (nSPS) is 27.7. The van der Waals surface area contributed by atoms with Gasteiger partial charge >= 0.3 is 0 Å². The van der Waals surface area contributed by atoms with E-state index in [9.17, 15) is 4.39 Å². The van der Waals surface area contributed by atoms with E-state index in [0.29, 0.717) is 23.7 Å². The minimum absolute atomic E-state index is 0.141. The van der Waals surface area contributed by atoms with Gasteiger partial charge in [-0.05, 0) is 68.2 Å². The maximum absolute atomic E-state index is 14.0. The average molecular weight is 264 g/mol. The van der Waals surface area contributed by atoms with Crippen molar-refractivity contribution >= 4 is 0 Å². The molecular weight excluding hydrogens is 239 g/mol. The predicted molar refractivity (Wildman–Crippen MR) is 76.5 cm³/mol. The van der Waals surface area contributed by atoms with Crippen molar-refractivity contribution in [2.24, 2.45) is 17.8 Å². The monoisotopic (exact) mass is 264 g/mol. The molecule has 1 aliphatic carbocycles. The van der Waals surface area contributed by atoms with Gasteiger partial charge in [0.15, 0.2) is 0 Å². The number of nitrogens with zero attached hydrogens (tertiary/aromatic N) is 1. The van der Waals surface area contributed by atoms with Crippen LogP contribution in [0, 0.1) is 23.6 Å². The third-order valence-corrected chi connectivity index (χ3v) is 4.65. The summed E-state index contributed by atoms with van der Waals surface area (Å²) in [6.07, 6.45) is 6.63. The molecule has 1 aromatic rings. The fourth-order valence-corrected chi connectivity index (χ4v) is 3.45. The number of hydrogen-bond acceptors (Lipinski definition) is 2. The third kappa shape index (κ3) is 3.33. The Kier molecular flexibility index (Phi) is 4.92. The van der Waals surface area contributed by atoms with Gasteiger partial charge < -0.3 is 5.32 Å². The molecule has 0 bridgehead atoms. The molecule has 0 radical (unpaired) electrons. The lowest BCUT2D eigenvalue weighted by Gasteiger charge is -2.38. The number of hydrogen-bond donors (Lipinski definition) is 1. The molecule has 3 atom stereocenters. The first-order valence-electron chi connectivity index (χ1n) is 7.37. The minimum atomic E-state index is -0.141. The van der Waals surface area contributed by atoms with Crippen molar-refractivity contribution in [3.8, 4) is 0 Å². The van der Waals surface area contributed by atoms with Crippen LogP contribution >= 0.6 is 0 Å². The summed E-state index contributed by atoms with van der Waals surface area (Å²) in [5.41, 5.74) is 0.862. The van der Waals surface area contributed by atoms with Gasteiger partial charge in [-0.3, -0.25) is 4.98 Å². The summed E-state index contributed by atoms with van der Waals surface area (Å²) >= 11 is 0. The van der Waals surface area contributed by atoms with E-state index in [1.807, 2.05) is 13.1 Å². The number of aromatic nitrogens is 1. The van der Waals surface area contributed by atoms with Crippen LogP contribution in [0.3, 0.4) is 0 Å². The molecular formula is C16H25FN2. The van der Waals surface area contributed by atoms with Crippen LogP contribution < -0.4 is 5.32 Å². The Morgan fingerprint density at radius 1 is 1.42 bits per heavy atom. The first-order valence-corrected chi connectivity index (χ1v) is 7.37. The maximum Gasteiger partial charge on any atom is 0.144 e. The molecule has 106 valence electrons. The van der Waals surface area contributed by atoms with Gasteiger partial charge in [-0.25, -0.2) is 4.39 Å². The summed E-state index contributed by atoms with van der Waals surface area (Å²) < 4.78 is 14.0. The van der Waals surface area contributed by atoms with Crippen LogP contribution in [0.25, 0.3) is 0 Å². The van der Waals surface area contributed by atoms with Crippen molar-refractivity contribution in [3.63, 3.8) is 0 Å². The van der Waals surface area contributed by atoms with Gasteiger partial charge in [0.2, 0.25) is 0 Å². The van der Waals surface area contributed by atoms with Crippen LogP contribution in [0.1, 0.15) is 44.6 Å². The quantitative estimate of drug-likeness (QED) is 0.899. The number of pyridine rings is 1. The van der Waals surface area contributed by atoms with E-state index >= 15 is 0 Å². The molecule has 2 rings (SSSR count). The molecule has 1 aliphatic rings. The number of halogens is 1. The van der Waals surface area contributed by atoms with Gasteiger partial charge in [0.25, 0.3) is 0 Å². The van der Waals surface area contributed by atoms with Crippen molar-refractivity contribution in [3.05, 3.63) is 29.8 Å². The molecule has 0 amide bonds. The lowest BCUT2D eigenvalue weighted by Crippen LogP contribution is -2.32. The Morgan fingerprint density at radius 2 is 2.21 bits per heavy atom. The van der Waals surface area contributed by atoms with Crippen LogP contribution in [-0.2, 0) is 0 Å². The molecule has 1 N–H and O–H groups in total. The molecule has 1 fully saturated rings. The lowest BCUT2D eigenvalue weighted by atomic mass is 9.68. The Hall–Kier alpha value is -0.960. The smallest absolute Gasteiger partial charge is 0.144 e. The molecule has 19 heavy (non-hydrogen) atoms. The standard InChI is InChI=1S/C16H25FN2/c1-11(2)12-4-5-13(9-18-3)15(8-12)14-6-7-19-10-16(14)17/h6-7,10-13,15,18H,4-5,8-9H2,1-3H3. The van der Waals surface area contributed by atoms with Crippen molar-refractivity contribution in [1.82, 2.24) is 10.3 Å². The van der Waals surface area contributed by atoms with Gasteiger partial charge in [0.05, 0.1) is 6.20 Å². The van der Waals surface area contributed by atoms with Gasteiger partial charge in [-0.1, -0.05) is 13.8 Å². The van der Waals surface area contributed by atoms with Crippen molar-refractivity contribution < 1.29 is 4.39 Å². The molecule has 1 heterocycles. The van der Waals surface area contributed by atoms with Crippen LogP contribution in [0.2, 0.25) is 0 Å². The molecule has 1 saturated carbocycles. The SMILES string of the molecule is CNCC1CCC(C(C)C)CC1c1ccncc1F. The maximum atomic E-state index is 14.0. The zero-order valence-electron chi connectivity index (χ0n) is 12.2. The predicted octanol–water partition coefficient (Wildman–Crippen LogP) is 3.60. The van der Waals surface area contributed by atoms with Gasteiger partial charge in [0.1, 0.15) is 5.82 Å². The first-order chi connectivity index (χ1) is 9.13. The minimum Gasteiger partial charge on any atom is -0.319 e. The second-order valence-corrected chi connectivity index (χ2v) is 6.14. The average Bonchev–Trinajstić information content (AvgIpc) is 2.40. The molecule has 0 spiro atoms. The Bertz CT molecular complexity index is 405. The molecule has 3 heteroatoms. The lowest BCUT2D eigenvalue weighted by molar-refractivity contribution is 0.189. The van der Waals surface area contributed by atoms with E-state index in [1.165, 1.54) is 19.0 Å². The van der Waals surface area contributed by atoms with E-state index < -0.39 is 0 Å². The zero-order valence-corrected chi connectivity index (χ0v) is 12.2. The number of nitrogens with one attached hydrogen (secondary N) is 1. The van der Waals surface area contributed by atoms with E-state index in [4.69, 9.17) is 0 Å². The molecule has 3 unspecified atom stereocenters. The highest BCUT2D eigenvalue weighted by molar-refractivity contribution is 5.20. The topological polar surface area (TPSA) is 24.9 Å². The zero-order chi connectivity index (χ0) is 13.8. The largest absolute Gasteiger partial charge is 0.319 e. The fraction of sp³-hybridized carbons (Fsp3) is 0.688. The molecule has 0 aliphatic heterocycles. The second kappa shape index (κ2) is 6.47. The second-order valence-electron chi connectivity index (χ2n) is 6.14. The van der Waals surface area contributed by atoms with E-state index in [-0.39, 0.29) is 5.82 Å². The van der Waals surface area contributed by atoms with E-state index in [2.05, 4.69) is 24.1 Å². The summed E-state index contributed by atoms with van der Waals surface area (Å²) in [4.78, 5) is 3.87.